The Balaban J connectivity index is 1.98. The van der Waals surface area contributed by atoms with Gasteiger partial charge in [0.15, 0.2) is 0 Å². The maximum Gasteiger partial charge on any atom is 0.304 e. The van der Waals surface area contributed by atoms with E-state index < -0.39 is 5.97 Å². The van der Waals surface area contributed by atoms with Gasteiger partial charge in [-0.1, -0.05) is 11.6 Å². The van der Waals surface area contributed by atoms with Gasteiger partial charge in [-0.15, -0.1) is 0 Å². The van der Waals surface area contributed by atoms with Gasteiger partial charge in [0.1, 0.15) is 5.76 Å². The minimum absolute atomic E-state index is 0.137. The molecule has 2 heterocycles. The number of aromatic nitrogens is 1. The Kier molecular flexibility index (Phi) is 3.78. The lowest BCUT2D eigenvalue weighted by Crippen LogP contribution is -2.40. The van der Waals surface area contributed by atoms with Crippen molar-refractivity contribution in [2.24, 2.45) is 0 Å². The van der Waals surface area contributed by atoms with Gasteiger partial charge in [-0.25, -0.2) is 0 Å². The highest BCUT2D eigenvalue weighted by Crippen LogP contribution is 2.21. The van der Waals surface area contributed by atoms with E-state index in [0.717, 1.165) is 37.3 Å². The van der Waals surface area contributed by atoms with Crippen LogP contribution in [-0.2, 0) is 11.3 Å². The summed E-state index contributed by atoms with van der Waals surface area (Å²) >= 11 is 0. The van der Waals surface area contributed by atoms with Crippen LogP contribution in [0.2, 0.25) is 0 Å². The van der Waals surface area contributed by atoms with E-state index in [2.05, 4.69) is 10.1 Å². The number of piperidine rings is 1. The third kappa shape index (κ3) is 3.30. The van der Waals surface area contributed by atoms with Gasteiger partial charge in [0.2, 0.25) is 0 Å². The van der Waals surface area contributed by atoms with Crippen molar-refractivity contribution >= 4 is 5.97 Å². The number of likely N-dealkylation sites (tertiary alicyclic amines) is 1. The van der Waals surface area contributed by atoms with Gasteiger partial charge < -0.3 is 9.63 Å². The van der Waals surface area contributed by atoms with E-state index in [1.807, 2.05) is 13.0 Å². The van der Waals surface area contributed by atoms with E-state index in [1.54, 1.807) is 0 Å². The van der Waals surface area contributed by atoms with Gasteiger partial charge in [-0.05, 0) is 26.3 Å². The topological polar surface area (TPSA) is 66.6 Å². The van der Waals surface area contributed by atoms with E-state index in [9.17, 15) is 4.79 Å². The summed E-state index contributed by atoms with van der Waals surface area (Å²) in [4.78, 5) is 13.0. The van der Waals surface area contributed by atoms with Crippen LogP contribution in [0, 0.1) is 6.92 Å². The molecular formula is C12H18N2O3. The summed E-state index contributed by atoms with van der Waals surface area (Å²) < 4.78 is 5.03. The van der Waals surface area contributed by atoms with Crippen molar-refractivity contribution in [2.45, 2.75) is 45.2 Å². The normalized spacial score (nSPS) is 21.6. The molecule has 2 rings (SSSR count). The molecule has 17 heavy (non-hydrogen) atoms. The standard InChI is InChI=1S/C12H18N2O3/c1-9-6-10(13-17-9)8-14-5-3-2-4-11(14)7-12(15)16/h6,11H,2-5,7-8H2,1H3,(H,15,16). The molecule has 1 aliphatic rings. The molecule has 1 N–H and O–H groups in total. The molecule has 0 aromatic carbocycles. The first-order chi connectivity index (χ1) is 8.15. The quantitative estimate of drug-likeness (QED) is 0.866. The molecule has 1 fully saturated rings. The Morgan fingerprint density at radius 1 is 1.65 bits per heavy atom. The molecular weight excluding hydrogens is 220 g/mol. The lowest BCUT2D eigenvalue weighted by atomic mass is 9.99. The van der Waals surface area contributed by atoms with Gasteiger partial charge >= 0.3 is 5.97 Å². The number of carboxylic acids is 1. The zero-order chi connectivity index (χ0) is 12.3. The van der Waals surface area contributed by atoms with Gasteiger partial charge in [-0.3, -0.25) is 9.69 Å². The summed E-state index contributed by atoms with van der Waals surface area (Å²) in [6, 6.07) is 2.05. The minimum Gasteiger partial charge on any atom is -0.481 e. The predicted octanol–water partition coefficient (Wildman–Crippen LogP) is 1.81. The summed E-state index contributed by atoms with van der Waals surface area (Å²) in [5, 5.41) is 12.9. The Morgan fingerprint density at radius 3 is 3.12 bits per heavy atom. The van der Waals surface area contributed by atoms with E-state index in [4.69, 9.17) is 9.63 Å². The van der Waals surface area contributed by atoms with E-state index in [1.165, 1.54) is 0 Å². The van der Waals surface area contributed by atoms with Crippen LogP contribution in [0.5, 0.6) is 0 Å². The SMILES string of the molecule is Cc1cc(CN2CCCCC2CC(=O)O)no1. The second-order valence-corrected chi connectivity index (χ2v) is 4.65. The van der Waals surface area contributed by atoms with Crippen LogP contribution in [0.4, 0.5) is 0 Å². The smallest absolute Gasteiger partial charge is 0.304 e. The van der Waals surface area contributed by atoms with Crippen molar-refractivity contribution in [3.63, 3.8) is 0 Å². The molecule has 5 nitrogen and oxygen atoms in total. The molecule has 0 bridgehead atoms. The number of carbonyl (C=O) groups is 1. The molecule has 1 atom stereocenters. The number of hydrogen-bond acceptors (Lipinski definition) is 4. The van der Waals surface area contributed by atoms with Crippen LogP contribution in [0.25, 0.3) is 0 Å². The average Bonchev–Trinajstić information content (AvgIpc) is 2.66. The zero-order valence-electron chi connectivity index (χ0n) is 10.1. The lowest BCUT2D eigenvalue weighted by Gasteiger charge is -2.34. The first kappa shape index (κ1) is 12.1. The van der Waals surface area contributed by atoms with Gasteiger partial charge in [0, 0.05) is 18.7 Å². The molecule has 0 saturated carbocycles. The average molecular weight is 238 g/mol. The molecule has 0 aliphatic carbocycles. The monoisotopic (exact) mass is 238 g/mol. The van der Waals surface area contributed by atoms with Crippen molar-refractivity contribution in [1.82, 2.24) is 10.1 Å². The van der Waals surface area contributed by atoms with Crippen LogP contribution < -0.4 is 0 Å². The molecule has 0 radical (unpaired) electrons. The summed E-state index contributed by atoms with van der Waals surface area (Å²) in [5.41, 5.74) is 0.889. The fourth-order valence-electron chi connectivity index (χ4n) is 2.40. The van der Waals surface area contributed by atoms with Crippen LogP contribution in [-0.4, -0.2) is 33.7 Å². The number of nitrogens with zero attached hydrogens (tertiary/aromatic N) is 2. The highest BCUT2D eigenvalue weighted by molar-refractivity contribution is 5.67. The fraction of sp³-hybridized carbons (Fsp3) is 0.667. The lowest BCUT2D eigenvalue weighted by molar-refractivity contribution is -0.138. The Hall–Kier alpha value is -1.36. The first-order valence-corrected chi connectivity index (χ1v) is 6.03. The van der Waals surface area contributed by atoms with Crippen LogP contribution >= 0.6 is 0 Å². The van der Waals surface area contributed by atoms with Gasteiger partial charge in [0.25, 0.3) is 0 Å². The maximum atomic E-state index is 10.8. The Bertz CT molecular complexity index is 389. The third-order valence-electron chi connectivity index (χ3n) is 3.20. The van der Waals surface area contributed by atoms with Crippen LogP contribution in [0.3, 0.4) is 0 Å². The van der Waals surface area contributed by atoms with Crippen molar-refractivity contribution < 1.29 is 14.4 Å². The first-order valence-electron chi connectivity index (χ1n) is 6.03. The minimum atomic E-state index is -0.724. The number of aryl methyl sites for hydroxylation is 1. The number of rotatable bonds is 4. The summed E-state index contributed by atoms with van der Waals surface area (Å²) in [6.07, 6.45) is 3.43. The fourth-order valence-corrected chi connectivity index (χ4v) is 2.40. The largest absolute Gasteiger partial charge is 0.481 e. The molecule has 0 spiro atoms. The predicted molar refractivity (Wildman–Crippen MR) is 61.5 cm³/mol. The number of hydrogen-bond donors (Lipinski definition) is 1. The van der Waals surface area contributed by atoms with Crippen molar-refractivity contribution in [2.75, 3.05) is 6.54 Å². The highest BCUT2D eigenvalue weighted by atomic mass is 16.5. The Morgan fingerprint density at radius 2 is 2.47 bits per heavy atom. The molecule has 1 aromatic heterocycles. The number of aliphatic carboxylic acids is 1. The van der Waals surface area contributed by atoms with E-state index in [0.29, 0.717) is 6.54 Å². The Labute approximate surface area is 100 Å². The summed E-state index contributed by atoms with van der Waals surface area (Å²) in [5.74, 6) is 0.0741. The molecule has 1 saturated heterocycles. The molecule has 0 amide bonds. The second kappa shape index (κ2) is 5.31. The number of carboxylic acid groups (broad SMARTS) is 1. The van der Waals surface area contributed by atoms with Gasteiger partial charge in [-0.2, -0.15) is 0 Å². The van der Waals surface area contributed by atoms with E-state index in [-0.39, 0.29) is 12.5 Å². The maximum absolute atomic E-state index is 10.8. The van der Waals surface area contributed by atoms with Crippen molar-refractivity contribution in [1.29, 1.82) is 0 Å². The van der Waals surface area contributed by atoms with Gasteiger partial charge in [0.05, 0.1) is 12.1 Å². The molecule has 1 aromatic rings. The van der Waals surface area contributed by atoms with E-state index >= 15 is 0 Å². The van der Waals surface area contributed by atoms with Crippen molar-refractivity contribution in [3.05, 3.63) is 17.5 Å². The molecule has 5 heteroatoms. The van der Waals surface area contributed by atoms with Crippen molar-refractivity contribution in [3.8, 4) is 0 Å². The highest BCUT2D eigenvalue weighted by Gasteiger charge is 2.25. The molecule has 94 valence electrons. The van der Waals surface area contributed by atoms with Crippen LogP contribution in [0.15, 0.2) is 10.6 Å². The zero-order valence-corrected chi connectivity index (χ0v) is 10.1. The van der Waals surface area contributed by atoms with Crippen LogP contribution in [0.1, 0.15) is 37.1 Å². The summed E-state index contributed by atoms with van der Waals surface area (Å²) in [6.45, 7) is 3.50. The third-order valence-corrected chi connectivity index (χ3v) is 3.20. The molecule has 1 aliphatic heterocycles. The molecule has 1 unspecified atom stereocenters. The second-order valence-electron chi connectivity index (χ2n) is 4.65. The summed E-state index contributed by atoms with van der Waals surface area (Å²) in [7, 11) is 0.